The lowest BCUT2D eigenvalue weighted by Gasteiger charge is -2.26. The Labute approximate surface area is 172 Å². The number of carbonyl (C=O) groups is 3. The second-order valence-electron chi connectivity index (χ2n) is 6.34. The van der Waals surface area contributed by atoms with Gasteiger partial charge >= 0.3 is 18.0 Å². The van der Waals surface area contributed by atoms with Crippen LogP contribution in [0.15, 0.2) is 47.8 Å². The second kappa shape index (κ2) is 9.12. The van der Waals surface area contributed by atoms with E-state index in [0.29, 0.717) is 0 Å². The summed E-state index contributed by atoms with van der Waals surface area (Å²) in [5.74, 6) is -1.14. The number of para-hydroxylation sites is 1. The van der Waals surface area contributed by atoms with Gasteiger partial charge in [-0.15, -0.1) is 0 Å². The molecule has 0 saturated heterocycles. The summed E-state index contributed by atoms with van der Waals surface area (Å²) in [6.45, 7) is 3.14. The number of urea groups is 1. The fourth-order valence-electron chi connectivity index (χ4n) is 2.96. The molecule has 1 atom stereocenters. The van der Waals surface area contributed by atoms with Crippen molar-refractivity contribution in [2.45, 2.75) is 19.9 Å². The van der Waals surface area contributed by atoms with E-state index >= 15 is 0 Å². The molecule has 0 spiro atoms. The molecule has 0 bridgehead atoms. The molecule has 1 aromatic carbocycles. The van der Waals surface area contributed by atoms with Crippen molar-refractivity contribution in [3.8, 4) is 11.4 Å². The van der Waals surface area contributed by atoms with Gasteiger partial charge in [0, 0.05) is 0 Å². The number of amides is 2. The lowest BCUT2D eigenvalue weighted by molar-refractivity contribution is -0.139. The summed E-state index contributed by atoms with van der Waals surface area (Å²) in [6, 6.07) is 8.08. The Bertz CT molecular complexity index is 982. The predicted molar refractivity (Wildman–Crippen MR) is 105 cm³/mol. The predicted octanol–water partition coefficient (Wildman–Crippen LogP) is 1.56. The quantitative estimate of drug-likeness (QED) is 0.660. The Balaban J connectivity index is 1.81. The molecular formula is C20H22N4O6. The molecule has 0 fully saturated rings. The molecule has 1 aliphatic heterocycles. The zero-order chi connectivity index (χ0) is 21.7. The summed E-state index contributed by atoms with van der Waals surface area (Å²) in [7, 11) is 1.42. The van der Waals surface area contributed by atoms with Crippen LogP contribution < -0.4 is 15.4 Å². The van der Waals surface area contributed by atoms with Crippen LogP contribution in [0.4, 0.5) is 4.79 Å². The molecule has 3 rings (SSSR count). The maximum absolute atomic E-state index is 12.6. The fraction of sp³-hybridized carbons (Fsp3) is 0.300. The molecule has 0 saturated carbocycles. The highest BCUT2D eigenvalue weighted by molar-refractivity contribution is 5.95. The lowest BCUT2D eigenvalue weighted by Crippen LogP contribution is -2.50. The highest BCUT2D eigenvalue weighted by atomic mass is 16.5. The van der Waals surface area contributed by atoms with Crippen molar-refractivity contribution in [3.63, 3.8) is 0 Å². The van der Waals surface area contributed by atoms with Crippen molar-refractivity contribution in [1.29, 1.82) is 0 Å². The number of aromatic nitrogens is 2. The van der Waals surface area contributed by atoms with Crippen LogP contribution in [0.3, 0.4) is 0 Å². The van der Waals surface area contributed by atoms with Crippen molar-refractivity contribution in [1.82, 2.24) is 20.4 Å². The monoisotopic (exact) mass is 414 g/mol. The Hall–Kier alpha value is -3.82. The number of ether oxygens (including phenoxy) is 3. The van der Waals surface area contributed by atoms with Gasteiger partial charge < -0.3 is 24.8 Å². The number of esters is 2. The molecular weight excluding hydrogens is 392 g/mol. The molecule has 1 aromatic heterocycles. The highest BCUT2D eigenvalue weighted by Crippen LogP contribution is 2.21. The molecule has 2 amide bonds. The highest BCUT2D eigenvalue weighted by Gasteiger charge is 2.31. The van der Waals surface area contributed by atoms with Crippen molar-refractivity contribution in [2.24, 2.45) is 0 Å². The zero-order valence-corrected chi connectivity index (χ0v) is 16.8. The minimum atomic E-state index is -0.766. The molecule has 0 aliphatic carbocycles. The summed E-state index contributed by atoms with van der Waals surface area (Å²) >= 11 is 0. The summed E-state index contributed by atoms with van der Waals surface area (Å²) in [4.78, 5) is 36.7. The van der Waals surface area contributed by atoms with Gasteiger partial charge in [0.1, 0.15) is 6.61 Å². The number of methoxy groups -OCH3 is 1. The summed E-state index contributed by atoms with van der Waals surface area (Å²) in [6.07, 6.45) is 1.56. The van der Waals surface area contributed by atoms with E-state index in [4.69, 9.17) is 14.2 Å². The van der Waals surface area contributed by atoms with E-state index in [1.807, 2.05) is 30.3 Å². The summed E-state index contributed by atoms with van der Waals surface area (Å²) < 4.78 is 17.1. The van der Waals surface area contributed by atoms with Crippen molar-refractivity contribution in [2.75, 3.05) is 20.3 Å². The van der Waals surface area contributed by atoms with Crippen LogP contribution >= 0.6 is 0 Å². The van der Waals surface area contributed by atoms with Gasteiger partial charge in [-0.05, 0) is 26.0 Å². The molecule has 10 nitrogen and oxygen atoms in total. The first-order chi connectivity index (χ1) is 14.4. The number of nitrogens with one attached hydrogen (secondary N) is 2. The number of rotatable bonds is 7. The zero-order valence-electron chi connectivity index (χ0n) is 16.8. The molecule has 0 radical (unpaired) electrons. The minimum Gasteiger partial charge on any atom is -0.493 e. The molecule has 2 N–H and O–H groups in total. The first-order valence-electron chi connectivity index (χ1n) is 9.28. The number of hydrogen-bond acceptors (Lipinski definition) is 7. The first kappa shape index (κ1) is 20.9. The van der Waals surface area contributed by atoms with Gasteiger partial charge in [0.2, 0.25) is 5.69 Å². The summed E-state index contributed by atoms with van der Waals surface area (Å²) in [5, 5.41) is 9.31. The van der Waals surface area contributed by atoms with Crippen molar-refractivity contribution < 1.29 is 28.6 Å². The maximum Gasteiger partial charge on any atom is 0.363 e. The second-order valence-corrected chi connectivity index (χ2v) is 6.34. The van der Waals surface area contributed by atoms with E-state index in [9.17, 15) is 14.4 Å². The van der Waals surface area contributed by atoms with Crippen LogP contribution in [0.25, 0.3) is 5.69 Å². The fourth-order valence-corrected chi connectivity index (χ4v) is 2.96. The van der Waals surface area contributed by atoms with E-state index in [1.54, 1.807) is 20.0 Å². The third kappa shape index (κ3) is 4.43. The number of hydrogen-bond donors (Lipinski definition) is 2. The molecule has 10 heteroatoms. The normalized spacial score (nSPS) is 15.8. The van der Waals surface area contributed by atoms with Gasteiger partial charge in [-0.25, -0.2) is 19.1 Å². The standard InChI is InChI=1S/C20H22N4O6/c1-4-29-18(25)16-12(2)21-20(27)22-14(16)11-30-19(26)17-15(28-3)10-24(23-17)13-8-6-5-7-9-13/h5-10,12H,4,11H2,1-3H3,(H2,21,22,27)/t12-/m1/s1. The van der Waals surface area contributed by atoms with E-state index in [0.717, 1.165) is 5.69 Å². The topological polar surface area (TPSA) is 121 Å². The lowest BCUT2D eigenvalue weighted by atomic mass is 10.0. The molecule has 2 aromatic rings. The minimum absolute atomic E-state index is 0.0343. The maximum atomic E-state index is 12.6. The Morgan fingerprint density at radius 2 is 1.90 bits per heavy atom. The van der Waals surface area contributed by atoms with Crippen LogP contribution in [0.1, 0.15) is 24.3 Å². The molecule has 158 valence electrons. The Kier molecular flexibility index (Phi) is 6.35. The van der Waals surface area contributed by atoms with E-state index in [1.165, 1.54) is 11.8 Å². The Morgan fingerprint density at radius 3 is 2.57 bits per heavy atom. The average Bonchev–Trinajstić information content (AvgIpc) is 3.17. The number of carbonyl (C=O) groups excluding carboxylic acids is 3. The molecule has 1 aliphatic rings. The van der Waals surface area contributed by atoms with E-state index < -0.39 is 24.0 Å². The van der Waals surface area contributed by atoms with Crippen molar-refractivity contribution in [3.05, 3.63) is 53.5 Å². The largest absolute Gasteiger partial charge is 0.493 e. The molecule has 30 heavy (non-hydrogen) atoms. The van der Waals surface area contributed by atoms with Crippen LogP contribution in [-0.4, -0.2) is 54.1 Å². The smallest absolute Gasteiger partial charge is 0.363 e. The van der Waals surface area contributed by atoms with Crippen LogP contribution in [0, 0.1) is 0 Å². The van der Waals surface area contributed by atoms with Gasteiger partial charge in [0.05, 0.1) is 42.9 Å². The van der Waals surface area contributed by atoms with Crippen molar-refractivity contribution >= 4 is 18.0 Å². The van der Waals surface area contributed by atoms with Crippen LogP contribution in [0.2, 0.25) is 0 Å². The summed E-state index contributed by atoms with van der Waals surface area (Å²) in [5.41, 5.74) is 1.04. The third-order valence-corrected chi connectivity index (χ3v) is 4.33. The molecule has 2 heterocycles. The van der Waals surface area contributed by atoms with Crippen LogP contribution in [-0.2, 0) is 14.3 Å². The van der Waals surface area contributed by atoms with Gasteiger partial charge in [0.15, 0.2) is 5.75 Å². The Morgan fingerprint density at radius 1 is 1.17 bits per heavy atom. The van der Waals surface area contributed by atoms with E-state index in [-0.39, 0.29) is 35.9 Å². The third-order valence-electron chi connectivity index (χ3n) is 4.33. The van der Waals surface area contributed by atoms with E-state index in [2.05, 4.69) is 15.7 Å². The van der Waals surface area contributed by atoms with Gasteiger partial charge in [-0.3, -0.25) is 0 Å². The number of benzene rings is 1. The average molecular weight is 414 g/mol. The van der Waals surface area contributed by atoms with Gasteiger partial charge in [-0.1, -0.05) is 18.2 Å². The molecule has 0 unspecified atom stereocenters. The SMILES string of the molecule is CCOC(=O)C1=C(COC(=O)c2nn(-c3ccccc3)cc2OC)NC(=O)N[C@@H]1C. The van der Waals surface area contributed by atoms with Gasteiger partial charge in [0.25, 0.3) is 0 Å². The first-order valence-corrected chi connectivity index (χ1v) is 9.28. The number of nitrogens with zero attached hydrogens (tertiary/aromatic N) is 2. The van der Waals surface area contributed by atoms with Crippen LogP contribution in [0.5, 0.6) is 5.75 Å². The van der Waals surface area contributed by atoms with Gasteiger partial charge in [-0.2, -0.15) is 5.10 Å².